The minimum absolute atomic E-state index is 0.0459. The highest BCUT2D eigenvalue weighted by atomic mass is 16.1. The summed E-state index contributed by atoms with van der Waals surface area (Å²) in [6.45, 7) is 8.04. The molecule has 106 valence electrons. The van der Waals surface area contributed by atoms with Gasteiger partial charge in [0, 0.05) is 23.1 Å². The highest BCUT2D eigenvalue weighted by molar-refractivity contribution is 5.79. The smallest absolute Gasteiger partial charge is 0.226 e. The number of carbonyl (C=O) groups excluding carboxylic acids is 1. The van der Waals surface area contributed by atoms with Crippen LogP contribution in [0.5, 0.6) is 0 Å². The van der Waals surface area contributed by atoms with Crippen molar-refractivity contribution >= 4 is 5.91 Å². The molecule has 0 radical (unpaired) electrons. The van der Waals surface area contributed by atoms with Crippen LogP contribution in [0.3, 0.4) is 0 Å². The van der Waals surface area contributed by atoms with Crippen LogP contribution in [0.2, 0.25) is 0 Å². The minimum Gasteiger partial charge on any atom is -0.351 e. The third-order valence-corrected chi connectivity index (χ3v) is 3.00. The Morgan fingerprint density at radius 3 is 2.40 bits per heavy atom. The third kappa shape index (κ3) is 3.73. The van der Waals surface area contributed by atoms with Gasteiger partial charge in [0.05, 0.1) is 6.42 Å². The van der Waals surface area contributed by atoms with Crippen LogP contribution in [-0.4, -0.2) is 16.0 Å². The number of aryl methyl sites for hydroxylation is 1. The summed E-state index contributed by atoms with van der Waals surface area (Å²) >= 11 is 0. The summed E-state index contributed by atoms with van der Waals surface area (Å²) < 4.78 is 2.06. The molecule has 1 N–H and O–H groups in total. The van der Waals surface area contributed by atoms with Gasteiger partial charge in [0.25, 0.3) is 0 Å². The lowest BCUT2D eigenvalue weighted by molar-refractivity contribution is -0.121. The Bertz CT molecular complexity index is 588. The highest BCUT2D eigenvalue weighted by Crippen LogP contribution is 2.14. The van der Waals surface area contributed by atoms with Gasteiger partial charge in [0.15, 0.2) is 0 Å². The number of aromatic nitrogens is 1. The van der Waals surface area contributed by atoms with Crippen LogP contribution >= 0.6 is 0 Å². The Kier molecular flexibility index (Phi) is 3.98. The fraction of sp³-hybridized carbons (Fsp3) is 0.353. The molecule has 0 aliphatic rings. The summed E-state index contributed by atoms with van der Waals surface area (Å²) in [6.07, 6.45) is 2.38. The SMILES string of the molecule is Cc1ccc(-n2cccc2CC(=O)NC(C)(C)C)cc1. The molecular formula is C17H22N2O. The number of carbonyl (C=O) groups is 1. The van der Waals surface area contributed by atoms with Crippen molar-refractivity contribution in [2.75, 3.05) is 0 Å². The number of rotatable bonds is 3. The lowest BCUT2D eigenvalue weighted by Crippen LogP contribution is -2.41. The predicted molar refractivity (Wildman–Crippen MR) is 82.1 cm³/mol. The van der Waals surface area contributed by atoms with Crippen molar-refractivity contribution in [1.29, 1.82) is 0 Å². The number of benzene rings is 1. The lowest BCUT2D eigenvalue weighted by atomic mass is 10.1. The second kappa shape index (κ2) is 5.53. The van der Waals surface area contributed by atoms with E-state index in [2.05, 4.69) is 41.1 Å². The van der Waals surface area contributed by atoms with Crippen molar-refractivity contribution in [1.82, 2.24) is 9.88 Å². The topological polar surface area (TPSA) is 34.0 Å². The van der Waals surface area contributed by atoms with Gasteiger partial charge in [-0.1, -0.05) is 17.7 Å². The van der Waals surface area contributed by atoms with Gasteiger partial charge in [-0.05, 0) is 52.0 Å². The van der Waals surface area contributed by atoms with Crippen LogP contribution in [0.1, 0.15) is 32.0 Å². The Morgan fingerprint density at radius 2 is 1.80 bits per heavy atom. The molecule has 1 aromatic heterocycles. The fourth-order valence-corrected chi connectivity index (χ4v) is 2.14. The molecule has 2 rings (SSSR count). The zero-order chi connectivity index (χ0) is 14.8. The molecule has 2 aromatic rings. The zero-order valence-corrected chi connectivity index (χ0v) is 12.6. The maximum Gasteiger partial charge on any atom is 0.226 e. The van der Waals surface area contributed by atoms with E-state index in [0.717, 1.165) is 11.4 Å². The summed E-state index contributed by atoms with van der Waals surface area (Å²) in [4.78, 5) is 12.0. The van der Waals surface area contributed by atoms with Gasteiger partial charge in [0.1, 0.15) is 0 Å². The first-order valence-corrected chi connectivity index (χ1v) is 6.89. The molecule has 0 saturated heterocycles. The molecule has 0 atom stereocenters. The first kappa shape index (κ1) is 14.4. The number of amides is 1. The molecule has 1 aromatic carbocycles. The first-order chi connectivity index (χ1) is 9.35. The van der Waals surface area contributed by atoms with E-state index in [4.69, 9.17) is 0 Å². The van der Waals surface area contributed by atoms with Crippen molar-refractivity contribution in [3.05, 3.63) is 53.9 Å². The zero-order valence-electron chi connectivity index (χ0n) is 12.6. The Morgan fingerprint density at radius 1 is 1.15 bits per heavy atom. The van der Waals surface area contributed by atoms with Gasteiger partial charge in [-0.3, -0.25) is 4.79 Å². The van der Waals surface area contributed by atoms with Gasteiger partial charge in [-0.2, -0.15) is 0 Å². The van der Waals surface area contributed by atoms with Crippen molar-refractivity contribution in [3.8, 4) is 5.69 Å². The molecule has 0 bridgehead atoms. The quantitative estimate of drug-likeness (QED) is 0.912. The summed E-state index contributed by atoms with van der Waals surface area (Å²) in [5, 5.41) is 2.99. The second-order valence-corrected chi connectivity index (χ2v) is 6.18. The Balaban J connectivity index is 2.17. The largest absolute Gasteiger partial charge is 0.351 e. The summed E-state index contributed by atoms with van der Waals surface area (Å²) in [5.41, 5.74) is 3.11. The van der Waals surface area contributed by atoms with E-state index in [1.807, 2.05) is 39.1 Å². The molecule has 0 unspecified atom stereocenters. The molecule has 0 aliphatic carbocycles. The van der Waals surface area contributed by atoms with Crippen LogP contribution in [0.4, 0.5) is 0 Å². The van der Waals surface area contributed by atoms with E-state index >= 15 is 0 Å². The van der Waals surface area contributed by atoms with Crippen molar-refractivity contribution in [2.24, 2.45) is 0 Å². The molecule has 1 amide bonds. The predicted octanol–water partition coefficient (Wildman–Crippen LogP) is 3.24. The minimum atomic E-state index is -0.196. The van der Waals surface area contributed by atoms with Crippen LogP contribution in [-0.2, 0) is 11.2 Å². The molecule has 0 saturated carbocycles. The van der Waals surface area contributed by atoms with Crippen LogP contribution in [0, 0.1) is 6.92 Å². The van der Waals surface area contributed by atoms with Crippen molar-refractivity contribution in [2.45, 2.75) is 39.7 Å². The molecule has 3 heteroatoms. The van der Waals surface area contributed by atoms with Crippen LogP contribution in [0.15, 0.2) is 42.6 Å². The Labute approximate surface area is 120 Å². The van der Waals surface area contributed by atoms with Crippen LogP contribution in [0.25, 0.3) is 5.69 Å². The van der Waals surface area contributed by atoms with Gasteiger partial charge < -0.3 is 9.88 Å². The number of hydrogen-bond acceptors (Lipinski definition) is 1. The van der Waals surface area contributed by atoms with E-state index in [1.165, 1.54) is 5.56 Å². The van der Waals surface area contributed by atoms with E-state index in [0.29, 0.717) is 6.42 Å². The maximum atomic E-state index is 12.0. The number of nitrogens with one attached hydrogen (secondary N) is 1. The van der Waals surface area contributed by atoms with Crippen molar-refractivity contribution in [3.63, 3.8) is 0 Å². The number of hydrogen-bond donors (Lipinski definition) is 1. The fourth-order valence-electron chi connectivity index (χ4n) is 2.14. The summed E-state index contributed by atoms with van der Waals surface area (Å²) in [5.74, 6) is 0.0459. The van der Waals surface area contributed by atoms with E-state index in [9.17, 15) is 4.79 Å². The normalized spacial score (nSPS) is 11.4. The molecule has 3 nitrogen and oxygen atoms in total. The third-order valence-electron chi connectivity index (χ3n) is 3.00. The standard InChI is InChI=1S/C17H22N2O/c1-13-7-9-14(10-8-13)19-11-5-6-15(19)12-16(20)18-17(2,3)4/h5-11H,12H2,1-4H3,(H,18,20). The van der Waals surface area contributed by atoms with E-state index in [-0.39, 0.29) is 11.4 Å². The molecular weight excluding hydrogens is 248 g/mol. The van der Waals surface area contributed by atoms with Gasteiger partial charge in [0.2, 0.25) is 5.91 Å². The first-order valence-electron chi connectivity index (χ1n) is 6.89. The van der Waals surface area contributed by atoms with Crippen molar-refractivity contribution < 1.29 is 4.79 Å². The summed E-state index contributed by atoms with van der Waals surface area (Å²) in [6, 6.07) is 12.3. The van der Waals surface area contributed by atoms with E-state index in [1.54, 1.807) is 0 Å². The monoisotopic (exact) mass is 270 g/mol. The number of nitrogens with zero attached hydrogens (tertiary/aromatic N) is 1. The average Bonchev–Trinajstić information content (AvgIpc) is 2.75. The van der Waals surface area contributed by atoms with Gasteiger partial charge in [-0.25, -0.2) is 0 Å². The second-order valence-electron chi connectivity index (χ2n) is 6.18. The van der Waals surface area contributed by atoms with Crippen LogP contribution < -0.4 is 5.32 Å². The van der Waals surface area contributed by atoms with E-state index < -0.39 is 0 Å². The van der Waals surface area contributed by atoms with Gasteiger partial charge >= 0.3 is 0 Å². The van der Waals surface area contributed by atoms with Gasteiger partial charge in [-0.15, -0.1) is 0 Å². The maximum absolute atomic E-state index is 12.0. The molecule has 0 aliphatic heterocycles. The molecule has 1 heterocycles. The highest BCUT2D eigenvalue weighted by Gasteiger charge is 2.15. The molecule has 0 spiro atoms. The lowest BCUT2D eigenvalue weighted by Gasteiger charge is -2.20. The Hall–Kier alpha value is -2.03. The molecule has 20 heavy (non-hydrogen) atoms. The molecule has 0 fully saturated rings. The summed E-state index contributed by atoms with van der Waals surface area (Å²) in [7, 11) is 0. The average molecular weight is 270 g/mol.